The highest BCUT2D eigenvalue weighted by Crippen LogP contribution is 2.32. The number of benzene rings is 1. The van der Waals surface area contributed by atoms with Crippen LogP contribution in [0.15, 0.2) is 28.8 Å². The van der Waals surface area contributed by atoms with E-state index in [0.717, 1.165) is 19.3 Å². The Morgan fingerprint density at radius 2 is 1.94 bits per heavy atom. The number of hydrogen-bond donors (Lipinski definition) is 2. The predicted molar refractivity (Wildman–Crippen MR) is 130 cm³/mol. The number of nitrogens with zero attached hydrogens (tertiary/aromatic N) is 2. The molecule has 3 aliphatic rings. The van der Waals surface area contributed by atoms with E-state index >= 15 is 0 Å². The molecule has 2 N–H and O–H groups in total. The minimum Gasteiger partial charge on any atom is -0.490 e. The molecule has 3 heterocycles. The minimum absolute atomic E-state index is 0.0299. The van der Waals surface area contributed by atoms with Crippen LogP contribution in [0.2, 0.25) is 0 Å². The van der Waals surface area contributed by atoms with Gasteiger partial charge in [0.1, 0.15) is 24.2 Å². The third kappa shape index (κ3) is 5.23. The van der Waals surface area contributed by atoms with E-state index < -0.39 is 5.91 Å². The minimum atomic E-state index is -0.428. The lowest BCUT2D eigenvalue weighted by atomic mass is 9.94. The quantitative estimate of drug-likeness (QED) is 0.652. The van der Waals surface area contributed by atoms with Gasteiger partial charge >= 0.3 is 0 Å². The van der Waals surface area contributed by atoms with Gasteiger partial charge in [0, 0.05) is 24.8 Å². The average Bonchev–Trinajstić information content (AvgIpc) is 3.53. The summed E-state index contributed by atoms with van der Waals surface area (Å²) in [5.41, 5.74) is 0.978. The van der Waals surface area contributed by atoms with E-state index in [4.69, 9.17) is 14.0 Å². The van der Waals surface area contributed by atoms with Gasteiger partial charge in [0.2, 0.25) is 5.91 Å². The highest BCUT2D eigenvalue weighted by atomic mass is 16.5. The fourth-order valence-electron chi connectivity index (χ4n) is 5.34. The maximum absolute atomic E-state index is 13.4. The molecule has 1 aromatic carbocycles. The van der Waals surface area contributed by atoms with E-state index in [2.05, 4.69) is 15.8 Å². The van der Waals surface area contributed by atoms with Crippen LogP contribution in [0.3, 0.4) is 0 Å². The summed E-state index contributed by atoms with van der Waals surface area (Å²) in [5.74, 6) is 0.342. The summed E-state index contributed by atoms with van der Waals surface area (Å²) in [6.07, 6.45) is 5.64. The monoisotopic (exact) mass is 496 g/mol. The van der Waals surface area contributed by atoms with Gasteiger partial charge in [-0.1, -0.05) is 18.0 Å². The zero-order valence-corrected chi connectivity index (χ0v) is 20.6. The molecule has 0 unspecified atom stereocenters. The van der Waals surface area contributed by atoms with Crippen molar-refractivity contribution in [2.45, 2.75) is 76.2 Å². The fourth-order valence-corrected chi connectivity index (χ4v) is 5.34. The summed E-state index contributed by atoms with van der Waals surface area (Å²) >= 11 is 0. The van der Waals surface area contributed by atoms with Crippen LogP contribution < -0.4 is 15.4 Å². The summed E-state index contributed by atoms with van der Waals surface area (Å²) in [5, 5.41) is 9.60. The molecule has 192 valence electrons. The third-order valence-electron chi connectivity index (χ3n) is 7.26. The molecule has 36 heavy (non-hydrogen) atoms. The van der Waals surface area contributed by atoms with Crippen molar-refractivity contribution in [1.82, 2.24) is 15.4 Å². The smallest absolute Gasteiger partial charge is 0.277 e. The lowest BCUT2D eigenvalue weighted by Crippen LogP contribution is -2.54. The first-order chi connectivity index (χ1) is 17.4. The molecule has 5 rings (SSSR count). The number of nitrogens with one attached hydrogen (secondary N) is 2. The number of carbonyl (C=O) groups is 3. The summed E-state index contributed by atoms with van der Waals surface area (Å²) in [6.45, 7) is 1.97. The van der Waals surface area contributed by atoms with Crippen molar-refractivity contribution in [1.29, 1.82) is 0 Å². The largest absolute Gasteiger partial charge is 0.490 e. The van der Waals surface area contributed by atoms with Crippen molar-refractivity contribution < 1.29 is 28.4 Å². The number of likely N-dealkylation sites (N-methyl/N-ethyl adjacent to an activating group) is 1. The van der Waals surface area contributed by atoms with Gasteiger partial charge in [-0.05, 0) is 50.8 Å². The Labute approximate surface area is 209 Å². The van der Waals surface area contributed by atoms with Crippen LogP contribution in [-0.4, -0.2) is 65.7 Å². The maximum Gasteiger partial charge on any atom is 0.277 e. The van der Waals surface area contributed by atoms with Gasteiger partial charge in [0.15, 0.2) is 5.69 Å². The number of carbonyl (C=O) groups excluding carboxylic acids is 3. The Hall–Kier alpha value is -3.40. The molecule has 2 fully saturated rings. The number of aromatic nitrogens is 1. The van der Waals surface area contributed by atoms with Crippen LogP contribution in [0, 0.1) is 6.92 Å². The Balaban J connectivity index is 1.25. The van der Waals surface area contributed by atoms with E-state index in [-0.39, 0.29) is 48.4 Å². The lowest BCUT2D eigenvalue weighted by Gasteiger charge is -2.42. The van der Waals surface area contributed by atoms with Gasteiger partial charge in [-0.3, -0.25) is 14.4 Å². The van der Waals surface area contributed by atoms with E-state index in [0.29, 0.717) is 35.6 Å². The van der Waals surface area contributed by atoms with Gasteiger partial charge in [0.25, 0.3) is 11.8 Å². The normalized spacial score (nSPS) is 24.2. The number of rotatable bonds is 5. The molecular weight excluding hydrogens is 464 g/mol. The molecule has 3 amide bonds. The van der Waals surface area contributed by atoms with Gasteiger partial charge in [-0.25, -0.2) is 0 Å². The molecule has 2 aromatic rings. The summed E-state index contributed by atoms with van der Waals surface area (Å²) < 4.78 is 17.2. The van der Waals surface area contributed by atoms with Crippen molar-refractivity contribution in [3.05, 3.63) is 41.3 Å². The average molecular weight is 497 g/mol. The lowest BCUT2D eigenvalue weighted by molar-refractivity contribution is -0.134. The first-order valence-corrected chi connectivity index (χ1v) is 12.6. The molecule has 10 heteroatoms. The van der Waals surface area contributed by atoms with Gasteiger partial charge in [0.05, 0.1) is 24.1 Å². The number of ether oxygens (including phenoxy) is 2. The Morgan fingerprint density at radius 3 is 2.69 bits per heavy atom. The number of amides is 3. The standard InChI is InChI=1S/C26H32N4O6/c1-15-11-20(29-36-15)25(32)28-17-7-10-22-19(12-17)26(33)30(2)21-9-8-18(35-23(21)14-34-22)13-24(31)27-16-5-3-4-6-16/h7,10-12,16,18,21,23H,3-6,8-9,13-14H2,1-2H3,(H,27,31)(H,28,32)/t18-,21-,23-/m1/s1. The summed E-state index contributed by atoms with van der Waals surface area (Å²) in [6, 6.07) is 6.61. The number of anilines is 1. The second-order valence-electron chi connectivity index (χ2n) is 9.91. The number of aryl methyl sites for hydroxylation is 1. The molecule has 0 spiro atoms. The van der Waals surface area contributed by atoms with Crippen LogP contribution in [0.1, 0.15) is 71.6 Å². The number of hydrogen-bond acceptors (Lipinski definition) is 7. The van der Waals surface area contributed by atoms with Gasteiger partial charge < -0.3 is 29.5 Å². The highest BCUT2D eigenvalue weighted by Gasteiger charge is 2.39. The van der Waals surface area contributed by atoms with Crippen molar-refractivity contribution in [2.75, 3.05) is 19.0 Å². The molecule has 0 radical (unpaired) electrons. The van der Waals surface area contributed by atoms with Crippen LogP contribution in [0.5, 0.6) is 5.75 Å². The van der Waals surface area contributed by atoms with E-state index in [1.165, 1.54) is 12.8 Å². The van der Waals surface area contributed by atoms with Crippen LogP contribution in [-0.2, 0) is 9.53 Å². The topological polar surface area (TPSA) is 123 Å². The SMILES string of the molecule is Cc1cc(C(=O)Nc2ccc3c(c2)C(=O)N(C)[C@@H]2CC[C@H](CC(=O)NC4CCCC4)O[C@@H]2CO3)no1. The molecule has 1 saturated heterocycles. The molecular formula is C26H32N4O6. The molecule has 0 bridgehead atoms. The van der Waals surface area contributed by atoms with Crippen LogP contribution in [0.4, 0.5) is 5.69 Å². The van der Waals surface area contributed by atoms with Crippen molar-refractivity contribution in [3.8, 4) is 5.75 Å². The Kier molecular flexibility index (Phi) is 6.95. The summed E-state index contributed by atoms with van der Waals surface area (Å²) in [7, 11) is 1.76. The second kappa shape index (κ2) is 10.3. The molecule has 1 saturated carbocycles. The van der Waals surface area contributed by atoms with Gasteiger partial charge in [-0.2, -0.15) is 0 Å². The zero-order chi connectivity index (χ0) is 25.2. The van der Waals surface area contributed by atoms with Crippen molar-refractivity contribution >= 4 is 23.4 Å². The molecule has 3 atom stereocenters. The first kappa shape index (κ1) is 24.3. The van der Waals surface area contributed by atoms with E-state index in [1.54, 1.807) is 43.1 Å². The van der Waals surface area contributed by atoms with E-state index in [9.17, 15) is 14.4 Å². The molecule has 2 aliphatic heterocycles. The van der Waals surface area contributed by atoms with Crippen LogP contribution >= 0.6 is 0 Å². The zero-order valence-electron chi connectivity index (χ0n) is 20.6. The third-order valence-corrected chi connectivity index (χ3v) is 7.26. The molecule has 1 aromatic heterocycles. The summed E-state index contributed by atoms with van der Waals surface area (Å²) in [4.78, 5) is 40.0. The predicted octanol–water partition coefficient (Wildman–Crippen LogP) is 3.06. The Morgan fingerprint density at radius 1 is 1.14 bits per heavy atom. The number of fused-ring (bicyclic) bond motifs is 2. The van der Waals surface area contributed by atoms with E-state index in [1.807, 2.05) is 0 Å². The highest BCUT2D eigenvalue weighted by molar-refractivity contribution is 6.04. The molecule has 1 aliphatic carbocycles. The van der Waals surface area contributed by atoms with Crippen molar-refractivity contribution in [2.24, 2.45) is 0 Å². The fraction of sp³-hybridized carbons (Fsp3) is 0.538. The molecule has 10 nitrogen and oxygen atoms in total. The maximum atomic E-state index is 13.4. The van der Waals surface area contributed by atoms with Crippen LogP contribution in [0.25, 0.3) is 0 Å². The second-order valence-corrected chi connectivity index (χ2v) is 9.91. The van der Waals surface area contributed by atoms with Gasteiger partial charge in [-0.15, -0.1) is 0 Å². The Bertz CT molecular complexity index is 1140. The van der Waals surface area contributed by atoms with Crippen molar-refractivity contribution in [3.63, 3.8) is 0 Å². The first-order valence-electron chi connectivity index (χ1n) is 12.6.